The van der Waals surface area contributed by atoms with Gasteiger partial charge in [-0.1, -0.05) is 36.4 Å². The summed E-state index contributed by atoms with van der Waals surface area (Å²) in [6, 6.07) is 20.0. The van der Waals surface area contributed by atoms with Crippen molar-refractivity contribution in [2.24, 2.45) is 0 Å². The molecule has 578 valence electrons. The van der Waals surface area contributed by atoms with Crippen LogP contribution in [-0.4, -0.2) is 127 Å². The second-order valence-electron chi connectivity index (χ2n) is 26.0. The van der Waals surface area contributed by atoms with Crippen LogP contribution < -0.4 is 25.3 Å². The van der Waals surface area contributed by atoms with Gasteiger partial charge in [0.25, 0.3) is 0 Å². The number of nitrogens with one attached hydrogen (secondary N) is 2. The molecule has 0 bridgehead atoms. The Bertz CT molecular complexity index is 5350. The molecule has 0 radical (unpaired) electrons. The van der Waals surface area contributed by atoms with Gasteiger partial charge < -0.3 is 15.5 Å². The number of ketones is 3. The lowest BCUT2D eigenvalue weighted by Crippen LogP contribution is -2.56. The van der Waals surface area contributed by atoms with Crippen molar-refractivity contribution in [1.82, 2.24) is 25.3 Å². The summed E-state index contributed by atoms with van der Waals surface area (Å²) in [5.41, 5.74) is -2.99. The number of amides is 10. The van der Waals surface area contributed by atoms with E-state index in [1.165, 1.54) is 87.9 Å². The molecule has 25 nitrogen and oxygen atoms in total. The summed E-state index contributed by atoms with van der Waals surface area (Å²) in [6.07, 6.45) is -9.69. The number of benzene rings is 6. The maximum Gasteiger partial charge on any atom is 0.416 e. The third-order valence-corrected chi connectivity index (χ3v) is 22.2. The minimum absolute atomic E-state index is 0.00225. The molecule has 0 spiro atoms. The van der Waals surface area contributed by atoms with Crippen molar-refractivity contribution in [3.8, 4) is 18.2 Å². The molecule has 0 aromatic heterocycles. The van der Waals surface area contributed by atoms with Gasteiger partial charge in [-0.15, -0.1) is 0 Å². The Labute approximate surface area is 628 Å². The number of sulfone groups is 3. The fourth-order valence-electron chi connectivity index (χ4n) is 14.0. The summed E-state index contributed by atoms with van der Waals surface area (Å²) in [7, 11) is -8.12. The molecule has 6 aliphatic rings. The molecule has 6 aromatic carbocycles. The van der Waals surface area contributed by atoms with Crippen LogP contribution >= 0.6 is 0 Å². The van der Waals surface area contributed by atoms with Crippen molar-refractivity contribution in [3.05, 3.63) is 211 Å². The summed E-state index contributed by atoms with van der Waals surface area (Å²) < 4.78 is 197. The van der Waals surface area contributed by atoms with Crippen LogP contribution in [0.2, 0.25) is 0 Å². The van der Waals surface area contributed by atoms with Gasteiger partial charge in [-0.3, -0.25) is 29.1 Å². The molecule has 0 unspecified atom stereocenters. The molecule has 0 fully saturated rings. The topological polar surface area (TPSA) is 354 Å². The molecule has 10 amide bonds. The van der Waals surface area contributed by atoms with E-state index >= 15 is 0 Å². The third-order valence-electron chi connectivity index (χ3n) is 18.8. The van der Waals surface area contributed by atoms with E-state index in [9.17, 15) is 119 Å². The molecule has 37 heteroatoms. The number of halogens is 9. The second-order valence-corrected chi connectivity index (χ2v) is 31.9. The van der Waals surface area contributed by atoms with Crippen LogP contribution in [0.1, 0.15) is 126 Å². The number of Topliss-reactive ketones (excluding diaryl/α,β-unsaturated/α-hetero) is 3. The number of urea groups is 5. The van der Waals surface area contributed by atoms with Crippen LogP contribution in [0.4, 0.5) is 80.5 Å². The Morgan fingerprint density at radius 1 is 0.405 bits per heavy atom. The Morgan fingerprint density at radius 2 is 0.676 bits per heavy atom. The lowest BCUT2D eigenvalue weighted by atomic mass is 9.83. The Hall–Kier alpha value is -12.0. The Balaban J connectivity index is 0.000000177. The first-order chi connectivity index (χ1) is 51.9. The zero-order valence-electron chi connectivity index (χ0n) is 59.1. The predicted molar refractivity (Wildman–Crippen MR) is 377 cm³/mol. The number of allylic oxidation sites excluding steroid dienone is 3. The zero-order chi connectivity index (χ0) is 81.7. The van der Waals surface area contributed by atoms with E-state index in [0.29, 0.717) is 29.1 Å². The SMILES string of the molecule is CN1C(=O)N(c2cccc(C(F)(F)F)c2)C2=C(C(=O)CCC2)[C@H]1c1ccc(C#N)cc1S(C)(=O)=O.CNC(=O)N1C(=O)N(c2cccc(C(F)(F)F)c2)C2=C(C(=O)CCC2)[C@@H]1c1ccc(C#N)cc1S(C)(=O)=O.CNC(=O)N1C(=O)N(c2cccc(C(F)(F)F)c2)C2=C(C(=O)CCC2)[C@H]1c1ccc(C#N)cc1S(C)(=O)=O. The standard InChI is InChI=1S/2C25H21F3N4O5S.C24H20F3N3O4S/c2*1-30-23(34)32-22(17-10-9-14(13-29)11-20(17)38(2,36)37)21-18(7-4-8-19(21)33)31(24(32)35)16-6-3-5-15(12-16)25(26,27)28;1-29-22(17-10-9-14(13-28)11-20(17)35(2,33)34)21-18(7-4-8-19(21)31)30(23(29)32)16-6-3-5-15(12-16)24(25,26)27/h2*3,5-6,9-12,22H,4,7-8H2,1-2H3,(H,30,34);3,5-6,9-12,22H,4,7-8H2,1-2H3/t3*22-/m101/s1. The molecular weight excluding hydrogens is 1530 g/mol. The van der Waals surface area contributed by atoms with E-state index in [1.807, 2.05) is 18.2 Å². The van der Waals surface area contributed by atoms with Gasteiger partial charge in [-0.05, 0) is 146 Å². The highest BCUT2D eigenvalue weighted by molar-refractivity contribution is 7.91. The van der Waals surface area contributed by atoms with E-state index in [0.717, 1.165) is 99.0 Å². The summed E-state index contributed by atoms with van der Waals surface area (Å²) >= 11 is 0. The number of carbonyl (C=O) groups excluding carboxylic acids is 8. The van der Waals surface area contributed by atoms with Gasteiger partial charge in [-0.2, -0.15) is 55.3 Å². The van der Waals surface area contributed by atoms with Crippen LogP contribution in [0.3, 0.4) is 0 Å². The number of alkyl halides is 9. The first-order valence-corrected chi connectivity index (χ1v) is 38.9. The molecule has 3 atom stereocenters. The molecular formula is C74H62F9N11O14S3. The molecule has 0 saturated carbocycles. The minimum atomic E-state index is -4.72. The number of nitriles is 3. The van der Waals surface area contributed by atoms with Crippen molar-refractivity contribution in [3.63, 3.8) is 0 Å². The van der Waals surface area contributed by atoms with Gasteiger partial charge in [-0.25, -0.2) is 59.0 Å². The monoisotopic (exact) mass is 1600 g/mol. The van der Waals surface area contributed by atoms with E-state index in [2.05, 4.69) is 10.6 Å². The molecule has 12 rings (SSSR count). The lowest BCUT2D eigenvalue weighted by molar-refractivity contribution is -0.138. The Kier molecular flexibility index (Phi) is 22.6. The van der Waals surface area contributed by atoms with Crippen LogP contribution in [0.25, 0.3) is 0 Å². The number of hydrogen-bond acceptors (Lipinski definition) is 17. The smallest absolute Gasteiger partial charge is 0.341 e. The maximum atomic E-state index is 13.9. The van der Waals surface area contributed by atoms with E-state index in [1.54, 1.807) is 0 Å². The molecule has 2 N–H and O–H groups in total. The van der Waals surface area contributed by atoms with Crippen molar-refractivity contribution < 1.29 is 103 Å². The summed E-state index contributed by atoms with van der Waals surface area (Å²) in [6.45, 7) is 0. The van der Waals surface area contributed by atoms with E-state index in [-0.39, 0.29) is 143 Å². The number of nitrogens with zero attached hydrogens (tertiary/aromatic N) is 9. The van der Waals surface area contributed by atoms with E-state index in [4.69, 9.17) is 0 Å². The third kappa shape index (κ3) is 16.1. The van der Waals surface area contributed by atoms with Crippen molar-refractivity contribution in [2.75, 3.05) is 54.6 Å². The first-order valence-electron chi connectivity index (χ1n) is 33.2. The number of rotatable bonds is 9. The zero-order valence-corrected chi connectivity index (χ0v) is 61.5. The van der Waals surface area contributed by atoms with Gasteiger partial charge in [0.1, 0.15) is 12.1 Å². The van der Waals surface area contributed by atoms with Gasteiger partial charge in [0.05, 0.1) is 89.4 Å². The van der Waals surface area contributed by atoms with Gasteiger partial charge in [0, 0.05) is 93.0 Å². The van der Waals surface area contributed by atoms with Crippen molar-refractivity contribution in [1.29, 1.82) is 15.8 Å². The molecule has 3 aliphatic heterocycles. The second kappa shape index (κ2) is 30.8. The Morgan fingerprint density at radius 3 is 0.937 bits per heavy atom. The van der Waals surface area contributed by atoms with Gasteiger partial charge >= 0.3 is 48.7 Å². The maximum absolute atomic E-state index is 13.9. The van der Waals surface area contributed by atoms with Crippen LogP contribution in [0, 0.1) is 34.0 Å². The van der Waals surface area contributed by atoms with Crippen molar-refractivity contribution in [2.45, 2.75) is 109 Å². The van der Waals surface area contributed by atoms with E-state index < -0.39 is 125 Å². The highest BCUT2D eigenvalue weighted by atomic mass is 32.2. The molecule has 3 aliphatic carbocycles. The molecule has 0 saturated heterocycles. The largest absolute Gasteiger partial charge is 0.416 e. The van der Waals surface area contributed by atoms with Crippen molar-refractivity contribution >= 4 is 94.1 Å². The average Bonchev–Trinajstić information content (AvgIpc) is 0.735. The first kappa shape index (κ1) is 81.5. The number of carbonyl (C=O) groups is 8. The highest BCUT2D eigenvalue weighted by Crippen LogP contribution is 2.51. The van der Waals surface area contributed by atoms with Gasteiger partial charge in [0.15, 0.2) is 46.9 Å². The summed E-state index contributed by atoms with van der Waals surface area (Å²) in [5, 5.41) is 32.4. The minimum Gasteiger partial charge on any atom is -0.341 e. The number of likely N-dealkylation sites (N-methyl/N-ethyl adjacent to an activating group) is 1. The predicted octanol–water partition coefficient (Wildman–Crippen LogP) is 13.2. The number of anilines is 3. The summed E-state index contributed by atoms with van der Waals surface area (Å²) in [5.74, 6) is -1.30. The number of hydrogen-bond donors (Lipinski definition) is 2. The molecule has 111 heavy (non-hydrogen) atoms. The molecule has 6 aromatic rings. The molecule has 3 heterocycles. The fourth-order valence-corrected chi connectivity index (χ4v) is 16.8. The van der Waals surface area contributed by atoms with Crippen LogP contribution in [-0.2, 0) is 62.4 Å². The quantitative estimate of drug-likeness (QED) is 0.127. The summed E-state index contributed by atoms with van der Waals surface area (Å²) in [4.78, 5) is 112. The highest BCUT2D eigenvalue weighted by Gasteiger charge is 2.52. The van der Waals surface area contributed by atoms with Crippen LogP contribution in [0.5, 0.6) is 0 Å². The van der Waals surface area contributed by atoms with Crippen LogP contribution in [0.15, 0.2) is 176 Å². The lowest BCUT2D eigenvalue weighted by Gasteiger charge is -2.44. The fraction of sp³-hybridized carbons (Fsp3) is 0.284. The number of imide groups is 2. The van der Waals surface area contributed by atoms with Gasteiger partial charge in [0.2, 0.25) is 0 Å². The normalized spacial score (nSPS) is 18.5. The average molecular weight is 1600 g/mol.